The molecule has 6 aliphatic carbocycles. The van der Waals surface area contributed by atoms with E-state index in [0.29, 0.717) is 47.9 Å². The topological polar surface area (TPSA) is 189 Å². The van der Waals surface area contributed by atoms with Gasteiger partial charge in [-0.05, 0) is 216 Å². The Morgan fingerprint density at radius 1 is 0.480 bits per heavy atom. The van der Waals surface area contributed by atoms with Crippen LogP contribution in [0.25, 0.3) is 0 Å². The van der Waals surface area contributed by atoms with Gasteiger partial charge in [0.05, 0.1) is 24.0 Å². The predicted octanol–water partition coefficient (Wildman–Crippen LogP) is 16.0. The van der Waals surface area contributed by atoms with Crippen molar-refractivity contribution >= 4 is 18.1 Å². The van der Waals surface area contributed by atoms with Crippen LogP contribution in [0.3, 0.4) is 0 Å². The second kappa shape index (κ2) is 32.0. The molecule has 0 amide bonds. The quantitative estimate of drug-likeness (QED) is 0.0521. The minimum Gasteiger partial charge on any atom is -0.491 e. The van der Waals surface area contributed by atoms with Gasteiger partial charge < -0.3 is 48.1 Å². The van der Waals surface area contributed by atoms with Gasteiger partial charge in [-0.3, -0.25) is 9.59 Å². The lowest BCUT2D eigenvalue weighted by molar-refractivity contribution is -0.191. The first-order valence-electron chi connectivity index (χ1n) is 36.9. The molecular formula is C84H112O14. The molecule has 8 aliphatic rings. The molecule has 0 aromatic heterocycles. The Labute approximate surface area is 583 Å². The molecule has 5 aromatic carbocycles. The number of aliphatic hydroxyl groups is 2. The molecule has 13 atom stereocenters. The fourth-order valence-corrected chi connectivity index (χ4v) is 18.2. The number of aliphatic hydroxyl groups excluding tert-OH is 2. The Morgan fingerprint density at radius 3 is 1.21 bits per heavy atom. The van der Waals surface area contributed by atoms with Crippen LogP contribution in [-0.2, 0) is 73.6 Å². The van der Waals surface area contributed by atoms with Crippen LogP contribution in [0.5, 0.6) is 23.0 Å². The summed E-state index contributed by atoms with van der Waals surface area (Å²) in [6.45, 7) is 29.7. The van der Waals surface area contributed by atoms with E-state index in [2.05, 4.69) is 138 Å². The number of benzene rings is 5. The second-order valence-corrected chi connectivity index (χ2v) is 31.9. The van der Waals surface area contributed by atoms with Crippen LogP contribution in [0.2, 0.25) is 0 Å². The molecule has 2 N–H and O–H groups in total. The van der Waals surface area contributed by atoms with Crippen molar-refractivity contribution in [2.24, 2.45) is 34.5 Å². The number of aryl methyl sites for hydroxylation is 3. The van der Waals surface area contributed by atoms with Crippen molar-refractivity contribution in [3.05, 3.63) is 153 Å². The smallest absolute Gasteiger partial charge is 0.373 e. The van der Waals surface area contributed by atoms with Crippen molar-refractivity contribution in [3.63, 3.8) is 0 Å². The van der Waals surface area contributed by atoms with E-state index in [1.54, 1.807) is 35.4 Å². The van der Waals surface area contributed by atoms with Crippen LogP contribution >= 0.6 is 0 Å². The molecule has 13 rings (SSSR count). The number of esters is 2. The fourth-order valence-electron chi connectivity index (χ4n) is 18.2. The predicted molar refractivity (Wildman–Crippen MR) is 379 cm³/mol. The second-order valence-electron chi connectivity index (χ2n) is 31.9. The maximum atomic E-state index is 13.8. The number of hydrogen-bond donors (Lipinski definition) is 2. The van der Waals surface area contributed by atoms with Gasteiger partial charge in [-0.25, -0.2) is 0 Å². The van der Waals surface area contributed by atoms with Crippen molar-refractivity contribution in [1.29, 1.82) is 0 Å². The maximum absolute atomic E-state index is 13.8. The van der Waals surface area contributed by atoms with Gasteiger partial charge in [-0.15, -0.1) is 0 Å². The van der Waals surface area contributed by atoms with Gasteiger partial charge in [0.2, 0.25) is 0 Å². The van der Waals surface area contributed by atoms with Crippen LogP contribution in [0.4, 0.5) is 0 Å². The van der Waals surface area contributed by atoms with Crippen molar-refractivity contribution in [2.45, 2.75) is 238 Å². The third-order valence-corrected chi connectivity index (χ3v) is 24.0. The van der Waals surface area contributed by atoms with Crippen molar-refractivity contribution < 1.29 is 67.3 Å². The number of rotatable bonds is 21. The van der Waals surface area contributed by atoms with Crippen molar-refractivity contribution in [2.75, 3.05) is 52.9 Å². The van der Waals surface area contributed by atoms with Gasteiger partial charge in [0.15, 0.2) is 0 Å². The molecule has 14 heteroatoms. The molecule has 0 radical (unpaired) electrons. The van der Waals surface area contributed by atoms with E-state index in [0.717, 1.165) is 101 Å². The Hall–Kier alpha value is -6.54. The molecular weight excluding hydrogens is 1230 g/mol. The molecule has 2 aliphatic heterocycles. The molecule has 14 nitrogen and oxygen atoms in total. The lowest BCUT2D eigenvalue weighted by atomic mass is 9.49. The summed E-state index contributed by atoms with van der Waals surface area (Å²) in [5.41, 5.74) is 12.2. The highest BCUT2D eigenvalue weighted by Crippen LogP contribution is 2.60. The van der Waals surface area contributed by atoms with E-state index < -0.39 is 23.0 Å². The summed E-state index contributed by atoms with van der Waals surface area (Å²) in [4.78, 5) is 43.8. The Bertz CT molecular complexity index is 3370. The van der Waals surface area contributed by atoms with Gasteiger partial charge in [-0.1, -0.05) is 162 Å². The SMILES string of the molecule is CC(C)c1ccc2c(c1)CCC1C(C)(C(=O)OCC(O)COc3cccc(OCC(O)COC(=O)C4(C)CCCC5(C)c6ccc(C(C)C)cc6CCC45)c3)CCCC21C.CC(C)c1ccc2c(c1)CCC1C(C)CCCC21C.O=C=O.c1cc(OCC2CO2)cc(OCC2CO2)c1. The average Bonchev–Trinajstić information content (AvgIpc) is 1.49. The maximum Gasteiger partial charge on any atom is 0.373 e. The molecule has 5 fully saturated rings. The van der Waals surface area contributed by atoms with Crippen molar-refractivity contribution in [3.8, 4) is 23.0 Å². The Morgan fingerprint density at radius 2 is 0.837 bits per heavy atom. The standard InChI is InChI=1S/C52H70O8.C19H28.C12H14O4.CO2/c1-33(2)35-14-18-43-37(26-35)16-20-45-49(43,5)22-10-24-51(45,7)47(55)59-31-39(53)29-57-41-12-9-13-42(28-41)58-30-40(54)32-60-48(56)52(8)25-11-23-50(6)44-19-15-36(34(3)4)27-38(44)17-21-46(50)52;1-13(2)15-7-10-18-16(12-15)8-9-17-14(3)6-5-11-19(17,18)4;1-2-9(13-5-11-7-15-11)4-10(3-1)14-6-12-8-16-12;2-1-3/h9,12-15,18-19,26-28,33-34,39-40,45-46,53-54H,10-11,16-17,20-25,29-32H2,1-8H3;7,10,12-14,17H,5-6,8-9,11H2,1-4H3;1-4,11-12H,5-8H2;. The van der Waals surface area contributed by atoms with E-state index in [1.165, 1.54) is 71.0 Å². The zero-order valence-corrected chi connectivity index (χ0v) is 60.7. The number of carbonyl (C=O) groups is 2. The summed E-state index contributed by atoms with van der Waals surface area (Å²) in [6.07, 6.45) is 15.1. The van der Waals surface area contributed by atoms with Gasteiger partial charge in [0.1, 0.15) is 87.1 Å². The van der Waals surface area contributed by atoms with E-state index in [-0.39, 0.29) is 79.4 Å². The highest BCUT2D eigenvalue weighted by molar-refractivity contribution is 5.78. The van der Waals surface area contributed by atoms with Crippen molar-refractivity contribution in [1.82, 2.24) is 0 Å². The molecule has 98 heavy (non-hydrogen) atoms. The van der Waals surface area contributed by atoms with Crippen LogP contribution in [0.1, 0.15) is 228 Å². The summed E-state index contributed by atoms with van der Waals surface area (Å²) in [6, 6.07) is 35.8. The highest BCUT2D eigenvalue weighted by Gasteiger charge is 2.57. The Balaban J connectivity index is 0.000000218. The molecule has 5 aromatic rings. The molecule has 2 heterocycles. The number of fused-ring (bicyclic) bond motifs is 9. The number of epoxide rings is 2. The van der Waals surface area contributed by atoms with E-state index in [4.69, 9.17) is 47.5 Å². The number of carbonyl (C=O) groups excluding carboxylic acids is 4. The summed E-state index contributed by atoms with van der Waals surface area (Å²) in [5, 5.41) is 21.7. The molecule has 0 bridgehead atoms. The molecule has 13 unspecified atom stereocenters. The third-order valence-electron chi connectivity index (χ3n) is 24.0. The van der Waals surface area contributed by atoms with Crippen LogP contribution in [0, 0.1) is 34.5 Å². The van der Waals surface area contributed by atoms with E-state index in [9.17, 15) is 19.8 Å². The minimum absolute atomic E-state index is 0.0674. The van der Waals surface area contributed by atoms with E-state index in [1.807, 2.05) is 24.3 Å². The molecule has 2 saturated heterocycles. The summed E-state index contributed by atoms with van der Waals surface area (Å²) < 4.78 is 44.7. The average molecular weight is 1350 g/mol. The highest BCUT2D eigenvalue weighted by atomic mass is 16.6. The number of hydrogen-bond acceptors (Lipinski definition) is 14. The van der Waals surface area contributed by atoms with Crippen LogP contribution in [-0.4, -0.2) is 106 Å². The van der Waals surface area contributed by atoms with Gasteiger partial charge in [0.25, 0.3) is 0 Å². The number of ether oxygens (including phenoxy) is 8. The molecule has 0 spiro atoms. The molecule has 532 valence electrons. The summed E-state index contributed by atoms with van der Waals surface area (Å²) in [7, 11) is 0. The normalized spacial score (nSPS) is 28.9. The summed E-state index contributed by atoms with van der Waals surface area (Å²) >= 11 is 0. The zero-order valence-electron chi connectivity index (χ0n) is 60.7. The first kappa shape index (κ1) is 74.2. The van der Waals surface area contributed by atoms with Crippen LogP contribution < -0.4 is 18.9 Å². The largest absolute Gasteiger partial charge is 0.491 e. The Kier molecular flexibility index (Phi) is 24.2. The molecule has 3 saturated carbocycles. The van der Waals surface area contributed by atoms with Gasteiger partial charge >= 0.3 is 18.1 Å². The lowest BCUT2D eigenvalue weighted by Gasteiger charge is -2.54. The van der Waals surface area contributed by atoms with E-state index >= 15 is 0 Å². The zero-order chi connectivity index (χ0) is 70.2. The third kappa shape index (κ3) is 17.1. The minimum atomic E-state index is -1.01. The first-order valence-corrected chi connectivity index (χ1v) is 36.9. The monoisotopic (exact) mass is 1340 g/mol. The lowest BCUT2D eigenvalue weighted by Crippen LogP contribution is -2.53. The fraction of sp³-hybridized carbons (Fsp3) is 0.607. The van der Waals surface area contributed by atoms with Gasteiger partial charge in [-0.2, -0.15) is 9.59 Å². The summed E-state index contributed by atoms with van der Waals surface area (Å²) in [5.74, 6) is 5.86. The first-order chi connectivity index (χ1) is 46.8. The van der Waals surface area contributed by atoms with Crippen LogP contribution in [0.15, 0.2) is 103 Å². The van der Waals surface area contributed by atoms with Gasteiger partial charge in [0, 0.05) is 12.1 Å².